The zero-order chi connectivity index (χ0) is 24.2. The van der Waals surface area contributed by atoms with Crippen LogP contribution in [0.15, 0.2) is 77.9 Å². The molecule has 180 valence electrons. The maximum absolute atomic E-state index is 13.5. The molecule has 1 N–H and O–H groups in total. The maximum atomic E-state index is 13.5. The van der Waals surface area contributed by atoms with Gasteiger partial charge in [-0.1, -0.05) is 60.7 Å². The van der Waals surface area contributed by atoms with Crippen LogP contribution in [0, 0.1) is 11.3 Å². The highest BCUT2D eigenvalue weighted by Gasteiger charge is 2.34. The molecular weight excluding hydrogens is 438 g/mol. The predicted molar refractivity (Wildman–Crippen MR) is 136 cm³/mol. The van der Waals surface area contributed by atoms with E-state index in [0.717, 1.165) is 24.0 Å². The number of nitrogens with one attached hydrogen (secondary N) is 1. The molecule has 2 aromatic carbocycles. The van der Waals surface area contributed by atoms with Crippen LogP contribution >= 0.6 is 0 Å². The molecule has 1 atom stereocenters. The van der Waals surface area contributed by atoms with Crippen molar-refractivity contribution in [3.05, 3.63) is 89.0 Å². The van der Waals surface area contributed by atoms with Crippen LogP contribution in [-0.2, 0) is 6.54 Å². The Hall–Kier alpha value is -3.74. The Kier molecular flexibility index (Phi) is 6.75. The third kappa shape index (κ3) is 5.19. The second-order valence-electron chi connectivity index (χ2n) is 9.52. The first kappa shape index (κ1) is 23.0. The molecule has 2 amide bonds. The summed E-state index contributed by atoms with van der Waals surface area (Å²) < 4.78 is 1.69. The van der Waals surface area contributed by atoms with E-state index in [4.69, 9.17) is 5.41 Å². The van der Waals surface area contributed by atoms with Crippen molar-refractivity contribution in [3.63, 3.8) is 0 Å². The van der Waals surface area contributed by atoms with Crippen molar-refractivity contribution in [1.29, 1.82) is 5.41 Å². The van der Waals surface area contributed by atoms with Crippen LogP contribution in [0.2, 0.25) is 0 Å². The van der Waals surface area contributed by atoms with Gasteiger partial charge in [0.1, 0.15) is 0 Å². The molecule has 7 nitrogen and oxygen atoms in total. The fourth-order valence-electron chi connectivity index (χ4n) is 5.16. The van der Waals surface area contributed by atoms with Crippen LogP contribution in [0.3, 0.4) is 0 Å². The quantitative estimate of drug-likeness (QED) is 0.606. The average Bonchev–Trinajstić information content (AvgIpc) is 2.91. The number of nitrogens with zero attached hydrogens (tertiary/aromatic N) is 4. The van der Waals surface area contributed by atoms with Gasteiger partial charge in [0.05, 0.1) is 18.1 Å². The second kappa shape index (κ2) is 10.3. The number of likely N-dealkylation sites (tertiary alicyclic amines) is 2. The maximum Gasteiger partial charge on any atom is 0.320 e. The predicted octanol–water partition coefficient (Wildman–Crippen LogP) is 4.60. The monoisotopic (exact) mass is 469 g/mol. The Morgan fingerprint density at radius 2 is 1.66 bits per heavy atom. The summed E-state index contributed by atoms with van der Waals surface area (Å²) >= 11 is 0. The molecule has 5 rings (SSSR count). The smallest absolute Gasteiger partial charge is 0.320 e. The Balaban J connectivity index is 1.20. The number of hydrogen-bond donors (Lipinski definition) is 1. The SMILES string of the molecule is N=C1CCN(C(=O)N2CCC(Cn3cnc(-c4ccccc4)cc3=O)CC2)[C@H](c2ccccc2)C1. The molecule has 0 bridgehead atoms. The molecule has 0 radical (unpaired) electrons. The molecule has 0 saturated carbocycles. The second-order valence-corrected chi connectivity index (χ2v) is 9.52. The number of benzene rings is 2. The van der Waals surface area contributed by atoms with Crippen LogP contribution in [0.1, 0.15) is 37.3 Å². The van der Waals surface area contributed by atoms with Gasteiger partial charge in [-0.3, -0.25) is 9.36 Å². The fraction of sp³-hybridized carbons (Fsp3) is 0.357. The number of aromatic nitrogens is 2. The van der Waals surface area contributed by atoms with Crippen LogP contribution in [0.5, 0.6) is 0 Å². The first-order valence-electron chi connectivity index (χ1n) is 12.4. The highest BCUT2D eigenvalue weighted by molar-refractivity contribution is 5.86. The highest BCUT2D eigenvalue weighted by Crippen LogP contribution is 2.31. The van der Waals surface area contributed by atoms with E-state index in [-0.39, 0.29) is 17.6 Å². The number of hydrogen-bond acceptors (Lipinski definition) is 4. The molecule has 35 heavy (non-hydrogen) atoms. The Morgan fingerprint density at radius 3 is 2.34 bits per heavy atom. The molecule has 2 aliphatic rings. The first-order valence-corrected chi connectivity index (χ1v) is 12.4. The lowest BCUT2D eigenvalue weighted by Crippen LogP contribution is -2.50. The van der Waals surface area contributed by atoms with E-state index in [1.807, 2.05) is 70.5 Å². The molecule has 2 saturated heterocycles. The van der Waals surface area contributed by atoms with E-state index in [9.17, 15) is 9.59 Å². The van der Waals surface area contributed by atoms with Crippen molar-refractivity contribution >= 4 is 11.7 Å². The van der Waals surface area contributed by atoms with E-state index in [0.29, 0.717) is 56.3 Å². The lowest BCUT2D eigenvalue weighted by molar-refractivity contribution is 0.111. The van der Waals surface area contributed by atoms with Crippen LogP contribution in [-0.4, -0.2) is 50.7 Å². The van der Waals surface area contributed by atoms with Gasteiger partial charge in [0, 0.05) is 56.4 Å². The van der Waals surface area contributed by atoms with Gasteiger partial charge in [0.25, 0.3) is 5.56 Å². The van der Waals surface area contributed by atoms with Gasteiger partial charge in [-0.25, -0.2) is 9.78 Å². The molecule has 3 heterocycles. The number of piperidine rings is 2. The van der Waals surface area contributed by atoms with Gasteiger partial charge in [0.15, 0.2) is 0 Å². The van der Waals surface area contributed by atoms with Gasteiger partial charge >= 0.3 is 6.03 Å². The number of rotatable bonds is 4. The Labute approximate surface area is 205 Å². The van der Waals surface area contributed by atoms with Crippen molar-refractivity contribution in [2.24, 2.45) is 5.92 Å². The largest absolute Gasteiger partial charge is 0.325 e. The van der Waals surface area contributed by atoms with Crippen molar-refractivity contribution in [2.75, 3.05) is 19.6 Å². The van der Waals surface area contributed by atoms with Crippen LogP contribution in [0.25, 0.3) is 11.3 Å². The first-order chi connectivity index (χ1) is 17.1. The highest BCUT2D eigenvalue weighted by atomic mass is 16.2. The minimum atomic E-state index is -0.0737. The lowest BCUT2D eigenvalue weighted by Gasteiger charge is -2.41. The lowest BCUT2D eigenvalue weighted by atomic mass is 9.93. The standard InChI is InChI=1S/C28H31N5O2/c29-24-13-16-33(26(17-24)23-9-5-2-6-10-23)28(35)31-14-11-21(12-15-31)19-32-20-30-25(18-27(32)34)22-7-3-1-4-8-22/h1-10,18,20-21,26,29H,11-17,19H2/t26-/m0/s1. The Bertz CT molecular complexity index is 1230. The Morgan fingerprint density at radius 1 is 0.971 bits per heavy atom. The average molecular weight is 470 g/mol. The molecule has 2 fully saturated rings. The summed E-state index contributed by atoms with van der Waals surface area (Å²) in [4.78, 5) is 34.5. The van der Waals surface area contributed by atoms with Crippen molar-refractivity contribution in [2.45, 2.75) is 38.3 Å². The molecular formula is C28H31N5O2. The molecule has 0 spiro atoms. The zero-order valence-electron chi connectivity index (χ0n) is 19.8. The number of amides is 2. The van der Waals surface area contributed by atoms with E-state index in [2.05, 4.69) is 4.98 Å². The van der Waals surface area contributed by atoms with Gasteiger partial charge in [-0.15, -0.1) is 0 Å². The van der Waals surface area contributed by atoms with Crippen LogP contribution in [0.4, 0.5) is 4.79 Å². The molecule has 1 aromatic heterocycles. The number of carbonyl (C=O) groups excluding carboxylic acids is 1. The van der Waals surface area contributed by atoms with Gasteiger partial charge in [-0.2, -0.15) is 0 Å². The summed E-state index contributed by atoms with van der Waals surface area (Å²) in [5, 5.41) is 8.17. The third-order valence-corrected chi connectivity index (χ3v) is 7.19. The van der Waals surface area contributed by atoms with Gasteiger partial charge < -0.3 is 15.2 Å². The van der Waals surface area contributed by atoms with Crippen molar-refractivity contribution < 1.29 is 4.79 Å². The molecule has 0 aliphatic carbocycles. The summed E-state index contributed by atoms with van der Waals surface area (Å²) in [7, 11) is 0. The minimum Gasteiger partial charge on any atom is -0.325 e. The summed E-state index contributed by atoms with van der Waals surface area (Å²) in [6, 6.07) is 21.4. The molecule has 0 unspecified atom stereocenters. The minimum absolute atomic E-state index is 0.0428. The van der Waals surface area contributed by atoms with E-state index in [1.54, 1.807) is 17.0 Å². The number of carbonyl (C=O) groups is 1. The third-order valence-electron chi connectivity index (χ3n) is 7.19. The van der Waals surface area contributed by atoms with Gasteiger partial charge in [-0.05, 0) is 24.3 Å². The van der Waals surface area contributed by atoms with E-state index in [1.165, 1.54) is 0 Å². The molecule has 2 aliphatic heterocycles. The topological polar surface area (TPSA) is 82.3 Å². The van der Waals surface area contributed by atoms with E-state index < -0.39 is 0 Å². The number of urea groups is 1. The molecule has 3 aromatic rings. The summed E-state index contributed by atoms with van der Waals surface area (Å²) in [6.07, 6.45) is 4.60. The van der Waals surface area contributed by atoms with Gasteiger partial charge in [0.2, 0.25) is 0 Å². The zero-order valence-corrected chi connectivity index (χ0v) is 19.8. The summed E-state index contributed by atoms with van der Waals surface area (Å²) in [5.41, 5.74) is 3.38. The summed E-state index contributed by atoms with van der Waals surface area (Å²) in [5.74, 6) is 0.334. The van der Waals surface area contributed by atoms with Crippen molar-refractivity contribution in [3.8, 4) is 11.3 Å². The molecule has 7 heteroatoms. The van der Waals surface area contributed by atoms with Crippen molar-refractivity contribution in [1.82, 2.24) is 19.4 Å². The summed E-state index contributed by atoms with van der Waals surface area (Å²) in [6.45, 7) is 2.58. The normalized spacial score (nSPS) is 19.1. The van der Waals surface area contributed by atoms with Crippen LogP contribution < -0.4 is 5.56 Å². The van der Waals surface area contributed by atoms with E-state index >= 15 is 0 Å². The fourth-order valence-corrected chi connectivity index (χ4v) is 5.16.